The molecule has 1 aromatic carbocycles. The quantitative estimate of drug-likeness (QED) is 0.788. The van der Waals surface area contributed by atoms with Crippen LogP contribution in [0.1, 0.15) is 18.4 Å². The molecule has 1 aliphatic rings. The van der Waals surface area contributed by atoms with Crippen LogP contribution in [0.2, 0.25) is 0 Å². The van der Waals surface area contributed by atoms with Crippen LogP contribution in [0.3, 0.4) is 0 Å². The first-order valence-corrected chi connectivity index (χ1v) is 9.11. The number of aromatic nitrogens is 1. The molecule has 0 saturated carbocycles. The minimum atomic E-state index is -0.409. The van der Waals surface area contributed by atoms with E-state index in [0.717, 1.165) is 0 Å². The molecule has 2 aromatic rings. The summed E-state index contributed by atoms with van der Waals surface area (Å²) in [5.74, 6) is -0.0782. The molecular weight excluding hydrogens is 365 g/mol. The van der Waals surface area contributed by atoms with Crippen molar-refractivity contribution < 1.29 is 23.5 Å². The number of hydrogen-bond acceptors (Lipinski definition) is 5. The van der Waals surface area contributed by atoms with Gasteiger partial charge in [0.2, 0.25) is 17.7 Å². The van der Waals surface area contributed by atoms with E-state index in [-0.39, 0.29) is 37.1 Å². The van der Waals surface area contributed by atoms with Gasteiger partial charge in [-0.15, -0.1) is 0 Å². The van der Waals surface area contributed by atoms with Gasteiger partial charge in [0.1, 0.15) is 11.6 Å². The van der Waals surface area contributed by atoms with Crippen molar-refractivity contribution in [1.82, 2.24) is 15.2 Å². The van der Waals surface area contributed by atoms with Gasteiger partial charge in [0.05, 0.1) is 13.2 Å². The van der Waals surface area contributed by atoms with E-state index in [2.05, 4.69) is 10.3 Å². The lowest BCUT2D eigenvalue weighted by Crippen LogP contribution is -2.41. The molecule has 7 nitrogen and oxygen atoms in total. The second-order valence-corrected chi connectivity index (χ2v) is 6.30. The number of carbonyl (C=O) groups is 2. The number of amides is 2. The number of morpholine rings is 1. The topological polar surface area (TPSA) is 80.8 Å². The number of hydrogen-bond donors (Lipinski definition) is 1. The third kappa shape index (κ3) is 5.75. The van der Waals surface area contributed by atoms with Crippen LogP contribution in [0.15, 0.2) is 42.6 Å². The van der Waals surface area contributed by atoms with Gasteiger partial charge >= 0.3 is 0 Å². The molecule has 0 bridgehead atoms. The van der Waals surface area contributed by atoms with Gasteiger partial charge in [0, 0.05) is 50.3 Å². The van der Waals surface area contributed by atoms with E-state index in [9.17, 15) is 14.0 Å². The molecule has 2 amide bonds. The van der Waals surface area contributed by atoms with Crippen LogP contribution in [-0.4, -0.2) is 48.0 Å². The Morgan fingerprint density at radius 3 is 2.79 bits per heavy atom. The lowest BCUT2D eigenvalue weighted by molar-refractivity contribution is -0.137. The Labute approximate surface area is 162 Å². The van der Waals surface area contributed by atoms with Crippen molar-refractivity contribution in [3.05, 3.63) is 54.0 Å². The summed E-state index contributed by atoms with van der Waals surface area (Å²) in [5, 5.41) is 2.77. The molecule has 1 aromatic heterocycles. The van der Waals surface area contributed by atoms with E-state index in [1.165, 1.54) is 12.1 Å². The van der Waals surface area contributed by atoms with Crippen molar-refractivity contribution in [2.24, 2.45) is 0 Å². The molecule has 1 aliphatic heterocycles. The lowest BCUT2D eigenvalue weighted by atomic mass is 10.2. The van der Waals surface area contributed by atoms with Crippen LogP contribution in [-0.2, 0) is 20.9 Å². The summed E-state index contributed by atoms with van der Waals surface area (Å²) >= 11 is 0. The minimum Gasteiger partial charge on any atom is -0.439 e. The predicted octanol–water partition coefficient (Wildman–Crippen LogP) is 2.27. The molecular formula is C20H22FN3O4. The molecule has 0 atom stereocenters. The van der Waals surface area contributed by atoms with E-state index in [0.29, 0.717) is 37.6 Å². The van der Waals surface area contributed by atoms with Crippen molar-refractivity contribution in [1.29, 1.82) is 0 Å². The van der Waals surface area contributed by atoms with Crippen molar-refractivity contribution >= 4 is 11.8 Å². The Kier molecular flexibility index (Phi) is 6.91. The summed E-state index contributed by atoms with van der Waals surface area (Å²) in [6.07, 6.45) is 1.82. The number of pyridine rings is 1. The van der Waals surface area contributed by atoms with Gasteiger partial charge in [-0.25, -0.2) is 9.37 Å². The zero-order valence-corrected chi connectivity index (χ0v) is 15.4. The van der Waals surface area contributed by atoms with Gasteiger partial charge in [-0.2, -0.15) is 0 Å². The van der Waals surface area contributed by atoms with Gasteiger partial charge in [-0.05, 0) is 18.2 Å². The highest BCUT2D eigenvalue weighted by Gasteiger charge is 2.17. The molecule has 0 radical (unpaired) electrons. The number of halogens is 1. The smallest absolute Gasteiger partial charge is 0.224 e. The van der Waals surface area contributed by atoms with Gasteiger partial charge in [-0.3, -0.25) is 9.59 Å². The van der Waals surface area contributed by atoms with Crippen LogP contribution in [0.5, 0.6) is 11.6 Å². The van der Waals surface area contributed by atoms with Crippen LogP contribution >= 0.6 is 0 Å². The van der Waals surface area contributed by atoms with Crippen molar-refractivity contribution in [3.8, 4) is 11.6 Å². The number of rotatable bonds is 7. The number of ether oxygens (including phenoxy) is 2. The summed E-state index contributed by atoms with van der Waals surface area (Å²) in [6.45, 7) is 2.40. The van der Waals surface area contributed by atoms with E-state index >= 15 is 0 Å². The van der Waals surface area contributed by atoms with Crippen LogP contribution in [0.4, 0.5) is 4.39 Å². The summed E-state index contributed by atoms with van der Waals surface area (Å²) in [5.41, 5.74) is 0.652. The fourth-order valence-electron chi connectivity index (χ4n) is 2.77. The standard InChI is InChI=1S/C20H22FN3O4/c21-16-4-1-5-17(13-16)28-20-15(3-2-8-22-20)14-23-18(25)6-7-19(26)24-9-11-27-12-10-24/h1-5,8,13H,6-7,9-12,14H2,(H,23,25). The SMILES string of the molecule is O=C(CCC(=O)N1CCOCC1)NCc1cccnc1Oc1cccc(F)c1. The monoisotopic (exact) mass is 387 g/mol. The average Bonchev–Trinajstić information content (AvgIpc) is 2.72. The Morgan fingerprint density at radius 1 is 1.18 bits per heavy atom. The fraction of sp³-hybridized carbons (Fsp3) is 0.350. The highest BCUT2D eigenvalue weighted by Crippen LogP contribution is 2.23. The molecule has 2 heterocycles. The normalized spacial score (nSPS) is 13.8. The molecule has 28 heavy (non-hydrogen) atoms. The molecule has 3 rings (SSSR count). The number of carbonyl (C=O) groups excluding carboxylic acids is 2. The predicted molar refractivity (Wildman–Crippen MR) is 99.2 cm³/mol. The number of benzene rings is 1. The molecule has 1 N–H and O–H groups in total. The molecule has 1 fully saturated rings. The molecule has 0 spiro atoms. The Hall–Kier alpha value is -3.00. The maximum absolute atomic E-state index is 13.3. The third-order valence-corrected chi connectivity index (χ3v) is 4.27. The van der Waals surface area contributed by atoms with E-state index in [4.69, 9.17) is 9.47 Å². The Bertz CT molecular complexity index is 825. The Balaban J connectivity index is 1.50. The molecule has 8 heteroatoms. The number of nitrogens with zero attached hydrogens (tertiary/aromatic N) is 2. The summed E-state index contributed by atoms with van der Waals surface area (Å²) < 4.78 is 24.2. The van der Waals surface area contributed by atoms with Crippen LogP contribution in [0, 0.1) is 5.82 Å². The zero-order valence-electron chi connectivity index (χ0n) is 15.4. The molecule has 148 valence electrons. The summed E-state index contributed by atoms with van der Waals surface area (Å²) in [6, 6.07) is 9.24. The van der Waals surface area contributed by atoms with Gasteiger partial charge in [0.25, 0.3) is 0 Å². The van der Waals surface area contributed by atoms with E-state index in [1.807, 2.05) is 0 Å². The molecule has 0 unspecified atom stereocenters. The van der Waals surface area contributed by atoms with E-state index < -0.39 is 5.82 Å². The van der Waals surface area contributed by atoms with Crippen molar-refractivity contribution in [2.75, 3.05) is 26.3 Å². The summed E-state index contributed by atoms with van der Waals surface area (Å²) in [7, 11) is 0. The second-order valence-electron chi connectivity index (χ2n) is 6.30. The first kappa shape index (κ1) is 19.8. The minimum absolute atomic E-state index is 0.0463. The van der Waals surface area contributed by atoms with Gasteiger partial charge < -0.3 is 19.7 Å². The van der Waals surface area contributed by atoms with Crippen LogP contribution in [0.25, 0.3) is 0 Å². The van der Waals surface area contributed by atoms with Crippen molar-refractivity contribution in [2.45, 2.75) is 19.4 Å². The first-order valence-electron chi connectivity index (χ1n) is 9.11. The maximum Gasteiger partial charge on any atom is 0.224 e. The van der Waals surface area contributed by atoms with Crippen molar-refractivity contribution in [3.63, 3.8) is 0 Å². The largest absolute Gasteiger partial charge is 0.439 e. The molecule has 0 aliphatic carbocycles. The first-order chi connectivity index (χ1) is 13.6. The fourth-order valence-corrected chi connectivity index (χ4v) is 2.77. The van der Waals surface area contributed by atoms with Gasteiger partial charge in [-0.1, -0.05) is 12.1 Å². The van der Waals surface area contributed by atoms with Gasteiger partial charge in [0.15, 0.2) is 0 Å². The lowest BCUT2D eigenvalue weighted by Gasteiger charge is -2.26. The average molecular weight is 387 g/mol. The third-order valence-electron chi connectivity index (χ3n) is 4.27. The number of nitrogens with one attached hydrogen (secondary N) is 1. The summed E-state index contributed by atoms with van der Waals surface area (Å²) in [4.78, 5) is 30.1. The highest BCUT2D eigenvalue weighted by atomic mass is 19.1. The molecule has 1 saturated heterocycles. The maximum atomic E-state index is 13.3. The second kappa shape index (κ2) is 9.80. The van der Waals surface area contributed by atoms with Crippen LogP contribution < -0.4 is 10.1 Å². The highest BCUT2D eigenvalue weighted by molar-refractivity contribution is 5.83. The zero-order chi connectivity index (χ0) is 19.8. The Morgan fingerprint density at radius 2 is 2.00 bits per heavy atom. The van der Waals surface area contributed by atoms with E-state index in [1.54, 1.807) is 35.4 Å².